The molecule has 1 heterocycles. The van der Waals surface area contributed by atoms with Crippen LogP contribution in [0.2, 0.25) is 0 Å². The van der Waals surface area contributed by atoms with Crippen LogP contribution in [0.1, 0.15) is 5.69 Å². The van der Waals surface area contributed by atoms with Gasteiger partial charge in [0.1, 0.15) is 0 Å². The first-order valence-corrected chi connectivity index (χ1v) is 4.76. The normalized spacial score (nSPS) is 11.5. The summed E-state index contributed by atoms with van der Waals surface area (Å²) in [4.78, 5) is 20.7. The third kappa shape index (κ3) is 2.32. The number of nitrogens with one attached hydrogen (secondary N) is 1. The summed E-state index contributed by atoms with van der Waals surface area (Å²) in [5.41, 5.74) is -3.54. The Labute approximate surface area is 102 Å². The molecule has 0 bridgehead atoms. The number of nitro groups is 1. The Hall–Kier alpha value is -2.65. The molecule has 0 aliphatic carbocycles. The number of hydrogen-bond acceptors (Lipinski definition) is 4. The monoisotopic (exact) mass is 276 g/mol. The molecule has 1 aromatic heterocycles. The molecule has 0 fully saturated rings. The standard InChI is InChI=1S/C9H4F3N3O4/c10-9(11,12)7-8(16)19-13-14(7)5-1-3-6(4-2-5)15(17)18/h1-4H/p+1. The number of aromatic amines is 1. The SMILES string of the molecule is O=c1o[nH][n+](-c2ccc([N+](=O)[O-])cc2)c1C(F)(F)F. The number of halogens is 3. The van der Waals surface area contributed by atoms with Crippen LogP contribution >= 0.6 is 0 Å². The fourth-order valence-electron chi connectivity index (χ4n) is 1.42. The van der Waals surface area contributed by atoms with Crippen LogP contribution in [-0.4, -0.2) is 10.2 Å². The van der Waals surface area contributed by atoms with E-state index in [-0.39, 0.29) is 11.4 Å². The van der Waals surface area contributed by atoms with Gasteiger partial charge in [-0.3, -0.25) is 14.6 Å². The zero-order valence-corrected chi connectivity index (χ0v) is 8.97. The van der Waals surface area contributed by atoms with E-state index in [1.165, 1.54) is 0 Å². The minimum atomic E-state index is -4.91. The van der Waals surface area contributed by atoms with Crippen LogP contribution in [0, 0.1) is 10.1 Å². The average Bonchev–Trinajstić information content (AvgIpc) is 2.71. The van der Waals surface area contributed by atoms with E-state index in [2.05, 4.69) is 4.52 Å². The first-order valence-electron chi connectivity index (χ1n) is 4.76. The highest BCUT2D eigenvalue weighted by Crippen LogP contribution is 2.24. The zero-order chi connectivity index (χ0) is 14.2. The second-order valence-electron chi connectivity index (χ2n) is 3.44. The van der Waals surface area contributed by atoms with Gasteiger partial charge in [-0.25, -0.2) is 4.79 Å². The number of nitrogens with zero attached hydrogens (tertiary/aromatic N) is 2. The predicted molar refractivity (Wildman–Crippen MR) is 52.5 cm³/mol. The number of alkyl halides is 3. The molecule has 0 radical (unpaired) electrons. The largest absolute Gasteiger partial charge is 0.488 e. The van der Waals surface area contributed by atoms with E-state index in [0.717, 1.165) is 24.3 Å². The van der Waals surface area contributed by atoms with Crippen molar-refractivity contribution in [1.82, 2.24) is 5.27 Å². The highest BCUT2D eigenvalue weighted by atomic mass is 19.4. The van der Waals surface area contributed by atoms with Gasteiger partial charge in [-0.05, 0) is 9.95 Å². The van der Waals surface area contributed by atoms with Crippen molar-refractivity contribution in [2.24, 2.45) is 0 Å². The van der Waals surface area contributed by atoms with E-state index in [4.69, 9.17) is 0 Å². The van der Waals surface area contributed by atoms with E-state index in [1.54, 1.807) is 5.27 Å². The number of nitro benzene ring substituents is 1. The average molecular weight is 276 g/mol. The summed E-state index contributed by atoms with van der Waals surface area (Å²) >= 11 is 0. The minimum absolute atomic E-state index is 0.122. The molecular formula is C9H5F3N3O4+. The molecule has 1 N–H and O–H groups in total. The van der Waals surface area contributed by atoms with Gasteiger partial charge in [-0.1, -0.05) is 0 Å². The van der Waals surface area contributed by atoms with E-state index in [1.807, 2.05) is 0 Å². The lowest BCUT2D eigenvalue weighted by molar-refractivity contribution is -0.688. The van der Waals surface area contributed by atoms with Crippen LogP contribution in [0.15, 0.2) is 33.6 Å². The summed E-state index contributed by atoms with van der Waals surface area (Å²) in [6.07, 6.45) is -4.91. The quantitative estimate of drug-likeness (QED) is 0.506. The zero-order valence-electron chi connectivity index (χ0n) is 8.97. The van der Waals surface area contributed by atoms with Gasteiger partial charge in [-0.2, -0.15) is 13.2 Å². The summed E-state index contributed by atoms with van der Waals surface area (Å²) in [5, 5.41) is 12.2. The molecule has 10 heteroatoms. The highest BCUT2D eigenvalue weighted by molar-refractivity contribution is 5.36. The molecule has 0 saturated carbocycles. The lowest BCUT2D eigenvalue weighted by atomic mass is 10.3. The van der Waals surface area contributed by atoms with E-state index >= 15 is 0 Å². The molecule has 100 valence electrons. The van der Waals surface area contributed by atoms with E-state index in [9.17, 15) is 28.1 Å². The smallest absolute Gasteiger partial charge is 0.282 e. The van der Waals surface area contributed by atoms with Crippen molar-refractivity contribution in [2.75, 3.05) is 0 Å². The van der Waals surface area contributed by atoms with Crippen molar-refractivity contribution in [3.05, 3.63) is 50.5 Å². The summed E-state index contributed by atoms with van der Waals surface area (Å²) in [6, 6.07) is 4.12. The van der Waals surface area contributed by atoms with Gasteiger partial charge < -0.3 is 0 Å². The maximum Gasteiger partial charge on any atom is 0.488 e. The van der Waals surface area contributed by atoms with Crippen molar-refractivity contribution >= 4 is 5.69 Å². The predicted octanol–water partition coefficient (Wildman–Crippen LogP) is 1.17. The molecule has 0 spiro atoms. The Bertz CT molecular complexity index is 671. The van der Waals surface area contributed by atoms with Gasteiger partial charge in [0.15, 0.2) is 0 Å². The van der Waals surface area contributed by atoms with Crippen LogP contribution in [-0.2, 0) is 6.18 Å². The lowest BCUT2D eigenvalue weighted by Gasteiger charge is -1.97. The van der Waals surface area contributed by atoms with Crippen LogP contribution in [0.25, 0.3) is 5.69 Å². The Kier molecular flexibility index (Phi) is 2.85. The summed E-state index contributed by atoms with van der Waals surface area (Å²) < 4.78 is 42.3. The van der Waals surface area contributed by atoms with E-state index in [0.29, 0.717) is 4.68 Å². The number of hydrogen-bond donors (Lipinski definition) is 1. The lowest BCUT2D eigenvalue weighted by Crippen LogP contribution is -2.42. The van der Waals surface area contributed by atoms with Gasteiger partial charge in [0.05, 0.1) is 4.92 Å². The first kappa shape index (κ1) is 12.8. The number of H-pyrrole nitrogens is 1. The maximum absolute atomic E-state index is 12.6. The maximum atomic E-state index is 12.6. The molecule has 2 aromatic rings. The van der Waals surface area contributed by atoms with Crippen LogP contribution in [0.5, 0.6) is 0 Å². The van der Waals surface area contributed by atoms with Crippen molar-refractivity contribution in [1.29, 1.82) is 0 Å². The molecule has 19 heavy (non-hydrogen) atoms. The van der Waals surface area contributed by atoms with Gasteiger partial charge in [0, 0.05) is 24.3 Å². The van der Waals surface area contributed by atoms with Gasteiger partial charge in [0.2, 0.25) is 5.69 Å². The van der Waals surface area contributed by atoms with Crippen LogP contribution < -0.4 is 10.3 Å². The molecule has 1 aromatic carbocycles. The second kappa shape index (κ2) is 4.23. The third-order valence-corrected chi connectivity index (χ3v) is 2.23. The molecule has 2 rings (SSSR count). The number of benzene rings is 1. The van der Waals surface area contributed by atoms with Crippen molar-refractivity contribution in [3.63, 3.8) is 0 Å². The third-order valence-electron chi connectivity index (χ3n) is 2.23. The fraction of sp³-hybridized carbons (Fsp3) is 0.111. The molecule has 7 nitrogen and oxygen atoms in total. The van der Waals surface area contributed by atoms with E-state index < -0.39 is 22.4 Å². The first-order chi connectivity index (χ1) is 8.80. The Morgan fingerprint density at radius 3 is 2.32 bits per heavy atom. The number of non-ortho nitro benzene ring substituents is 1. The van der Waals surface area contributed by atoms with Crippen LogP contribution in [0.4, 0.5) is 18.9 Å². The van der Waals surface area contributed by atoms with Gasteiger partial charge >= 0.3 is 17.5 Å². The van der Waals surface area contributed by atoms with Crippen molar-refractivity contribution in [3.8, 4) is 5.69 Å². The molecule has 0 atom stereocenters. The molecule has 0 unspecified atom stereocenters. The Balaban J connectivity index is 2.54. The van der Waals surface area contributed by atoms with Crippen molar-refractivity contribution < 1.29 is 27.3 Å². The summed E-state index contributed by atoms with van der Waals surface area (Å²) in [7, 11) is 0. The topological polar surface area (TPSA) is 93.0 Å². The van der Waals surface area contributed by atoms with Gasteiger partial charge in [-0.15, -0.1) is 0 Å². The highest BCUT2D eigenvalue weighted by Gasteiger charge is 2.48. The number of aromatic nitrogens is 2. The molecule has 0 saturated heterocycles. The molecule has 0 amide bonds. The fourth-order valence-corrected chi connectivity index (χ4v) is 1.42. The Morgan fingerprint density at radius 2 is 1.84 bits per heavy atom. The van der Waals surface area contributed by atoms with Crippen molar-refractivity contribution in [2.45, 2.75) is 6.18 Å². The molecule has 0 aliphatic rings. The summed E-state index contributed by atoms with van der Waals surface area (Å²) in [5.74, 6) is 0. The molecule has 0 aliphatic heterocycles. The molecular weight excluding hydrogens is 271 g/mol. The van der Waals surface area contributed by atoms with Gasteiger partial charge in [0.25, 0.3) is 5.69 Å². The minimum Gasteiger partial charge on any atom is -0.282 e. The number of rotatable bonds is 2. The van der Waals surface area contributed by atoms with Crippen LogP contribution in [0.3, 0.4) is 0 Å². The Morgan fingerprint density at radius 1 is 1.26 bits per heavy atom. The summed E-state index contributed by atoms with van der Waals surface area (Å²) in [6.45, 7) is 0. The second-order valence-corrected chi connectivity index (χ2v) is 3.44.